The first-order valence-electron chi connectivity index (χ1n) is 6.27. The van der Waals surface area contributed by atoms with Crippen molar-refractivity contribution in [1.82, 2.24) is 5.32 Å². The van der Waals surface area contributed by atoms with Gasteiger partial charge in [0.15, 0.2) is 0 Å². The average molecular weight is 255 g/mol. The lowest BCUT2D eigenvalue weighted by Gasteiger charge is -2.20. The molecule has 0 aromatic heterocycles. The highest BCUT2D eigenvalue weighted by molar-refractivity contribution is 5.43. The number of nitrogens with one attached hydrogen (secondary N) is 1. The summed E-state index contributed by atoms with van der Waals surface area (Å²) in [5, 5.41) is 3.26. The third-order valence-corrected chi connectivity index (χ3v) is 3.44. The van der Waals surface area contributed by atoms with Gasteiger partial charge in [-0.05, 0) is 43.5 Å². The van der Waals surface area contributed by atoms with E-state index < -0.39 is 5.92 Å². The summed E-state index contributed by atoms with van der Waals surface area (Å²) in [4.78, 5) is 0. The Bertz CT molecular complexity index is 409. The number of benzene rings is 1. The minimum atomic E-state index is -2.87. The van der Waals surface area contributed by atoms with Gasteiger partial charge in [-0.25, -0.2) is 8.78 Å². The molecule has 1 saturated heterocycles. The van der Waals surface area contributed by atoms with Crippen LogP contribution in [0.4, 0.5) is 8.78 Å². The Morgan fingerprint density at radius 3 is 2.78 bits per heavy atom. The van der Waals surface area contributed by atoms with Crippen molar-refractivity contribution in [2.45, 2.75) is 25.7 Å². The highest BCUT2D eigenvalue weighted by Gasteiger charge is 2.32. The van der Waals surface area contributed by atoms with Crippen LogP contribution < -0.4 is 10.1 Å². The lowest BCUT2D eigenvalue weighted by Crippen LogP contribution is -2.16. The van der Waals surface area contributed by atoms with Crippen LogP contribution in [0, 0.1) is 5.92 Å². The molecule has 0 amide bonds. The van der Waals surface area contributed by atoms with E-state index in [0.29, 0.717) is 17.9 Å². The summed E-state index contributed by atoms with van der Waals surface area (Å²) in [6, 6.07) is 5.17. The fourth-order valence-electron chi connectivity index (χ4n) is 2.61. The van der Waals surface area contributed by atoms with Crippen molar-refractivity contribution in [1.29, 1.82) is 0 Å². The number of rotatable bonds is 4. The van der Waals surface area contributed by atoms with Gasteiger partial charge < -0.3 is 10.1 Å². The van der Waals surface area contributed by atoms with Crippen LogP contribution in [0.5, 0.6) is 5.75 Å². The zero-order valence-electron chi connectivity index (χ0n) is 10.8. The number of ether oxygens (including phenoxy) is 1. The van der Waals surface area contributed by atoms with Crippen LogP contribution in [0.2, 0.25) is 0 Å². The van der Waals surface area contributed by atoms with Crippen LogP contribution in [-0.4, -0.2) is 20.2 Å². The number of methoxy groups -OCH3 is 1. The summed E-state index contributed by atoms with van der Waals surface area (Å²) >= 11 is 0. The second-order valence-corrected chi connectivity index (χ2v) is 4.95. The molecule has 1 aromatic rings. The summed E-state index contributed by atoms with van der Waals surface area (Å²) in [6.07, 6.45) is 1.73. The van der Waals surface area contributed by atoms with Gasteiger partial charge in [-0.1, -0.05) is 12.1 Å². The number of halogens is 2. The maximum atomic E-state index is 13.7. The topological polar surface area (TPSA) is 21.3 Å². The van der Waals surface area contributed by atoms with Crippen molar-refractivity contribution >= 4 is 0 Å². The molecular weight excluding hydrogens is 236 g/mol. The fraction of sp³-hybridized carbons (Fsp3) is 0.571. The van der Waals surface area contributed by atoms with Gasteiger partial charge >= 0.3 is 0 Å². The normalized spacial score (nSPS) is 20.1. The molecule has 100 valence electrons. The van der Waals surface area contributed by atoms with E-state index >= 15 is 0 Å². The van der Waals surface area contributed by atoms with E-state index in [-0.39, 0.29) is 11.3 Å². The fourth-order valence-corrected chi connectivity index (χ4v) is 2.61. The quantitative estimate of drug-likeness (QED) is 0.893. The molecule has 18 heavy (non-hydrogen) atoms. The van der Waals surface area contributed by atoms with E-state index in [2.05, 4.69) is 5.32 Å². The predicted molar refractivity (Wildman–Crippen MR) is 67.2 cm³/mol. The molecule has 0 saturated carbocycles. The van der Waals surface area contributed by atoms with Crippen LogP contribution in [0.1, 0.15) is 24.5 Å². The Kier molecular flexibility index (Phi) is 3.85. The largest absolute Gasteiger partial charge is 0.496 e. The van der Waals surface area contributed by atoms with Crippen LogP contribution in [-0.2, 0) is 12.3 Å². The monoisotopic (exact) mass is 255 g/mol. The Hall–Kier alpha value is -1.16. The van der Waals surface area contributed by atoms with E-state index in [4.69, 9.17) is 4.74 Å². The average Bonchev–Trinajstić information content (AvgIpc) is 2.80. The zero-order chi connectivity index (χ0) is 13.2. The minimum absolute atomic E-state index is 0.0411. The molecule has 4 heteroatoms. The van der Waals surface area contributed by atoms with E-state index in [1.165, 1.54) is 7.11 Å². The lowest BCUT2D eigenvalue weighted by molar-refractivity contribution is 0.0140. The van der Waals surface area contributed by atoms with Gasteiger partial charge in [0.1, 0.15) is 5.75 Å². The van der Waals surface area contributed by atoms with Gasteiger partial charge in [-0.3, -0.25) is 0 Å². The minimum Gasteiger partial charge on any atom is -0.496 e. The van der Waals surface area contributed by atoms with Crippen molar-refractivity contribution in [3.8, 4) is 5.75 Å². The molecule has 0 aliphatic carbocycles. The molecule has 1 fully saturated rings. The molecule has 1 heterocycles. The standard InChI is InChI=1S/C14H19F2NO/c1-14(15,16)13-11(4-3-5-12(13)18-2)8-10-6-7-17-9-10/h3-5,10,17H,6-9H2,1-2H3. The van der Waals surface area contributed by atoms with Gasteiger partial charge in [0.25, 0.3) is 5.92 Å². The molecule has 1 unspecified atom stereocenters. The number of hydrogen-bond acceptors (Lipinski definition) is 2. The van der Waals surface area contributed by atoms with Crippen LogP contribution in [0.25, 0.3) is 0 Å². The van der Waals surface area contributed by atoms with Crippen LogP contribution in [0.15, 0.2) is 18.2 Å². The Morgan fingerprint density at radius 2 is 2.22 bits per heavy atom. The van der Waals surface area contributed by atoms with Gasteiger partial charge in [0.05, 0.1) is 12.7 Å². The van der Waals surface area contributed by atoms with E-state index in [1.807, 2.05) is 0 Å². The van der Waals surface area contributed by atoms with E-state index in [0.717, 1.165) is 26.4 Å². The first-order valence-corrected chi connectivity index (χ1v) is 6.27. The molecule has 1 aliphatic rings. The van der Waals surface area contributed by atoms with E-state index in [1.54, 1.807) is 18.2 Å². The van der Waals surface area contributed by atoms with Crippen LogP contribution >= 0.6 is 0 Å². The molecule has 1 aliphatic heterocycles. The molecular formula is C14H19F2NO. The highest BCUT2D eigenvalue weighted by Crippen LogP contribution is 2.38. The van der Waals surface area contributed by atoms with Crippen molar-refractivity contribution in [3.63, 3.8) is 0 Å². The molecule has 2 rings (SSSR count). The SMILES string of the molecule is COc1cccc(CC2CCNC2)c1C(C)(F)F. The molecule has 1 aromatic carbocycles. The summed E-state index contributed by atoms with van der Waals surface area (Å²) in [7, 11) is 1.44. The second kappa shape index (κ2) is 5.22. The Morgan fingerprint density at radius 1 is 1.44 bits per heavy atom. The maximum absolute atomic E-state index is 13.7. The number of alkyl halides is 2. The summed E-state index contributed by atoms with van der Waals surface area (Å²) < 4.78 is 32.6. The molecule has 0 spiro atoms. The zero-order valence-corrected chi connectivity index (χ0v) is 10.8. The van der Waals surface area contributed by atoms with Gasteiger partial charge in [0, 0.05) is 6.92 Å². The van der Waals surface area contributed by atoms with Gasteiger partial charge in [0.2, 0.25) is 0 Å². The molecule has 1 N–H and O–H groups in total. The second-order valence-electron chi connectivity index (χ2n) is 4.95. The Labute approximate surface area is 106 Å². The molecule has 2 nitrogen and oxygen atoms in total. The van der Waals surface area contributed by atoms with Crippen molar-refractivity contribution in [3.05, 3.63) is 29.3 Å². The highest BCUT2D eigenvalue weighted by atomic mass is 19.3. The third kappa shape index (κ3) is 2.80. The molecule has 0 bridgehead atoms. The predicted octanol–water partition coefficient (Wildman–Crippen LogP) is 2.96. The lowest BCUT2D eigenvalue weighted by atomic mass is 9.92. The van der Waals surface area contributed by atoms with Crippen molar-refractivity contribution in [2.24, 2.45) is 5.92 Å². The first-order chi connectivity index (χ1) is 8.52. The smallest absolute Gasteiger partial charge is 0.274 e. The summed E-state index contributed by atoms with van der Waals surface area (Å²) in [5.41, 5.74) is 0.745. The maximum Gasteiger partial charge on any atom is 0.274 e. The van der Waals surface area contributed by atoms with Gasteiger partial charge in [-0.2, -0.15) is 0 Å². The molecule has 1 atom stereocenters. The van der Waals surface area contributed by atoms with Gasteiger partial charge in [-0.15, -0.1) is 0 Å². The third-order valence-electron chi connectivity index (χ3n) is 3.44. The van der Waals surface area contributed by atoms with E-state index in [9.17, 15) is 8.78 Å². The number of hydrogen-bond donors (Lipinski definition) is 1. The first kappa shape index (κ1) is 13.3. The van der Waals surface area contributed by atoms with Crippen LogP contribution in [0.3, 0.4) is 0 Å². The van der Waals surface area contributed by atoms with Crippen molar-refractivity contribution in [2.75, 3.05) is 20.2 Å². The summed E-state index contributed by atoms with van der Waals surface area (Å²) in [6.45, 7) is 2.82. The Balaban J connectivity index is 2.33. The molecule has 0 radical (unpaired) electrons. The van der Waals surface area contributed by atoms with Crippen molar-refractivity contribution < 1.29 is 13.5 Å². The summed E-state index contributed by atoms with van der Waals surface area (Å²) in [5.74, 6) is -2.14.